The number of hydrogen-bond donors (Lipinski definition) is 0. The molecule has 2 nitrogen and oxygen atoms in total. The van der Waals surface area contributed by atoms with Gasteiger partial charge < -0.3 is 0 Å². The number of piperidine rings is 1. The minimum absolute atomic E-state index is 0.300. The Morgan fingerprint density at radius 1 is 1.15 bits per heavy atom. The van der Waals surface area contributed by atoms with Crippen molar-refractivity contribution in [3.05, 3.63) is 35.4 Å². The van der Waals surface area contributed by atoms with Crippen LogP contribution in [0.4, 0.5) is 0 Å². The molecule has 0 amide bonds. The number of nitrogens with zero attached hydrogens (tertiary/aromatic N) is 1. The van der Waals surface area contributed by atoms with Crippen LogP contribution in [-0.2, 0) is 0 Å². The molecule has 1 heterocycles. The van der Waals surface area contributed by atoms with Crippen LogP contribution >= 0.6 is 0 Å². The molecular formula is C18H25NO. The molecule has 2 heteroatoms. The van der Waals surface area contributed by atoms with Gasteiger partial charge in [0.05, 0.1) is 6.54 Å². The van der Waals surface area contributed by atoms with Crippen LogP contribution in [0.5, 0.6) is 0 Å². The predicted octanol–water partition coefficient (Wildman–Crippen LogP) is 3.83. The first-order valence-corrected chi connectivity index (χ1v) is 8.08. The van der Waals surface area contributed by atoms with Crippen LogP contribution in [0, 0.1) is 12.8 Å². The monoisotopic (exact) mass is 271 g/mol. The molecule has 2 fully saturated rings. The third-order valence-corrected chi connectivity index (χ3v) is 5.15. The molecule has 0 N–H and O–H groups in total. The van der Waals surface area contributed by atoms with Gasteiger partial charge in [0.25, 0.3) is 0 Å². The quantitative estimate of drug-likeness (QED) is 0.779. The summed E-state index contributed by atoms with van der Waals surface area (Å²) in [6.07, 6.45) is 8.05. The molecule has 108 valence electrons. The van der Waals surface area contributed by atoms with E-state index in [0.717, 1.165) is 23.6 Å². The van der Waals surface area contributed by atoms with Gasteiger partial charge in [0.1, 0.15) is 0 Å². The van der Waals surface area contributed by atoms with E-state index in [0.29, 0.717) is 18.4 Å². The molecule has 1 aliphatic carbocycles. The molecule has 1 saturated heterocycles. The first kappa shape index (κ1) is 13.8. The van der Waals surface area contributed by atoms with Crippen LogP contribution in [0.3, 0.4) is 0 Å². The SMILES string of the molecule is Cc1ccccc1C(=O)CN1CCC[C@H]2CCCC[C@H]21. The Labute approximate surface area is 122 Å². The summed E-state index contributed by atoms with van der Waals surface area (Å²) < 4.78 is 0. The molecule has 0 spiro atoms. The molecule has 20 heavy (non-hydrogen) atoms. The normalized spacial score (nSPS) is 27.1. The predicted molar refractivity (Wildman–Crippen MR) is 82.1 cm³/mol. The Kier molecular flexibility index (Phi) is 4.21. The smallest absolute Gasteiger partial charge is 0.177 e. The molecule has 2 aliphatic rings. The lowest BCUT2D eigenvalue weighted by Crippen LogP contribution is -2.48. The van der Waals surface area contributed by atoms with Crippen molar-refractivity contribution in [3.63, 3.8) is 0 Å². The Bertz CT molecular complexity index is 480. The van der Waals surface area contributed by atoms with Gasteiger partial charge >= 0.3 is 0 Å². The highest BCUT2D eigenvalue weighted by atomic mass is 16.1. The Hall–Kier alpha value is -1.15. The van der Waals surface area contributed by atoms with E-state index in [4.69, 9.17) is 0 Å². The van der Waals surface area contributed by atoms with Gasteiger partial charge in [-0.2, -0.15) is 0 Å². The van der Waals surface area contributed by atoms with E-state index in [1.165, 1.54) is 38.5 Å². The minimum Gasteiger partial charge on any atom is -0.293 e. The third kappa shape index (κ3) is 2.80. The number of rotatable bonds is 3. The van der Waals surface area contributed by atoms with Gasteiger partial charge in [0.2, 0.25) is 0 Å². The molecule has 1 aromatic rings. The van der Waals surface area contributed by atoms with Gasteiger partial charge in [-0.15, -0.1) is 0 Å². The molecular weight excluding hydrogens is 246 g/mol. The minimum atomic E-state index is 0.300. The number of hydrogen-bond acceptors (Lipinski definition) is 2. The average Bonchev–Trinajstić information content (AvgIpc) is 2.48. The second-order valence-electron chi connectivity index (χ2n) is 6.46. The van der Waals surface area contributed by atoms with Crippen molar-refractivity contribution in [3.8, 4) is 0 Å². The molecule has 1 aliphatic heterocycles. The van der Waals surface area contributed by atoms with Gasteiger partial charge in [0.15, 0.2) is 5.78 Å². The fourth-order valence-corrected chi connectivity index (χ4v) is 4.08. The summed E-state index contributed by atoms with van der Waals surface area (Å²) in [5, 5.41) is 0. The number of ketones is 1. The van der Waals surface area contributed by atoms with Crippen molar-refractivity contribution in [2.75, 3.05) is 13.1 Å². The zero-order chi connectivity index (χ0) is 13.9. The maximum Gasteiger partial charge on any atom is 0.177 e. The van der Waals surface area contributed by atoms with E-state index < -0.39 is 0 Å². The first-order chi connectivity index (χ1) is 9.75. The van der Waals surface area contributed by atoms with Crippen LogP contribution in [0.2, 0.25) is 0 Å². The average molecular weight is 271 g/mol. The van der Waals surface area contributed by atoms with Gasteiger partial charge in [-0.05, 0) is 50.6 Å². The second kappa shape index (κ2) is 6.09. The standard InChI is InChI=1S/C18H25NO/c1-14-7-2-4-10-16(14)18(20)13-19-12-6-9-15-8-3-5-11-17(15)19/h2,4,7,10,15,17H,3,5-6,8-9,11-13H2,1H3/t15-,17-/m1/s1. The van der Waals surface area contributed by atoms with E-state index in [9.17, 15) is 4.79 Å². The summed E-state index contributed by atoms with van der Waals surface area (Å²) in [5.41, 5.74) is 2.01. The van der Waals surface area contributed by atoms with Gasteiger partial charge in [0, 0.05) is 11.6 Å². The largest absolute Gasteiger partial charge is 0.293 e. The highest BCUT2D eigenvalue weighted by Gasteiger charge is 2.33. The van der Waals surface area contributed by atoms with Crippen molar-refractivity contribution < 1.29 is 4.79 Å². The van der Waals surface area contributed by atoms with Crippen LogP contribution in [-0.4, -0.2) is 29.8 Å². The molecule has 0 aromatic heterocycles. The summed E-state index contributed by atoms with van der Waals surface area (Å²) >= 11 is 0. The number of benzene rings is 1. The van der Waals surface area contributed by atoms with Gasteiger partial charge in [-0.3, -0.25) is 9.69 Å². The fraction of sp³-hybridized carbons (Fsp3) is 0.611. The summed E-state index contributed by atoms with van der Waals surface area (Å²) in [5.74, 6) is 1.15. The maximum atomic E-state index is 12.6. The molecule has 0 unspecified atom stereocenters. The van der Waals surface area contributed by atoms with Crippen LogP contribution < -0.4 is 0 Å². The summed E-state index contributed by atoms with van der Waals surface area (Å²) in [4.78, 5) is 15.0. The molecule has 2 atom stereocenters. The Morgan fingerprint density at radius 2 is 1.90 bits per heavy atom. The molecule has 3 rings (SSSR count). The number of fused-ring (bicyclic) bond motifs is 1. The van der Waals surface area contributed by atoms with E-state index in [2.05, 4.69) is 4.90 Å². The van der Waals surface area contributed by atoms with E-state index in [1.807, 2.05) is 31.2 Å². The van der Waals surface area contributed by atoms with Gasteiger partial charge in [-0.1, -0.05) is 37.1 Å². The van der Waals surface area contributed by atoms with Crippen molar-refractivity contribution in [2.24, 2.45) is 5.92 Å². The zero-order valence-electron chi connectivity index (χ0n) is 12.5. The first-order valence-electron chi connectivity index (χ1n) is 8.08. The Morgan fingerprint density at radius 3 is 2.75 bits per heavy atom. The lowest BCUT2D eigenvalue weighted by Gasteiger charge is -2.43. The van der Waals surface area contributed by atoms with Crippen molar-refractivity contribution >= 4 is 5.78 Å². The second-order valence-corrected chi connectivity index (χ2v) is 6.46. The fourth-order valence-electron chi connectivity index (χ4n) is 4.08. The Balaban J connectivity index is 1.70. The van der Waals surface area contributed by atoms with Crippen LogP contribution in [0.15, 0.2) is 24.3 Å². The lowest BCUT2D eigenvalue weighted by molar-refractivity contribution is 0.0539. The van der Waals surface area contributed by atoms with E-state index in [-0.39, 0.29) is 0 Å². The topological polar surface area (TPSA) is 20.3 Å². The summed E-state index contributed by atoms with van der Waals surface area (Å²) in [6.45, 7) is 3.76. The van der Waals surface area contributed by atoms with Crippen molar-refractivity contribution in [2.45, 2.75) is 51.5 Å². The number of likely N-dealkylation sites (tertiary alicyclic amines) is 1. The molecule has 0 bridgehead atoms. The maximum absolute atomic E-state index is 12.6. The van der Waals surface area contributed by atoms with E-state index >= 15 is 0 Å². The lowest BCUT2D eigenvalue weighted by atomic mass is 9.78. The zero-order valence-corrected chi connectivity index (χ0v) is 12.5. The van der Waals surface area contributed by atoms with Crippen LogP contribution in [0.25, 0.3) is 0 Å². The molecule has 1 saturated carbocycles. The molecule has 1 aromatic carbocycles. The number of aryl methyl sites for hydroxylation is 1. The third-order valence-electron chi connectivity index (χ3n) is 5.15. The van der Waals surface area contributed by atoms with Crippen molar-refractivity contribution in [1.29, 1.82) is 0 Å². The highest BCUT2D eigenvalue weighted by molar-refractivity contribution is 5.98. The highest BCUT2D eigenvalue weighted by Crippen LogP contribution is 2.35. The summed E-state index contributed by atoms with van der Waals surface area (Å²) in [6, 6.07) is 8.65. The molecule has 0 radical (unpaired) electrons. The number of carbonyl (C=O) groups is 1. The van der Waals surface area contributed by atoms with E-state index in [1.54, 1.807) is 0 Å². The summed E-state index contributed by atoms with van der Waals surface area (Å²) in [7, 11) is 0. The van der Waals surface area contributed by atoms with Crippen LogP contribution in [0.1, 0.15) is 54.4 Å². The van der Waals surface area contributed by atoms with Crippen molar-refractivity contribution in [1.82, 2.24) is 4.90 Å². The van der Waals surface area contributed by atoms with Gasteiger partial charge in [-0.25, -0.2) is 0 Å². The number of Topliss-reactive ketones (excluding diaryl/α,β-unsaturated/α-hetero) is 1. The number of carbonyl (C=O) groups excluding carboxylic acids is 1.